The Balaban J connectivity index is 2.11. The van der Waals surface area contributed by atoms with Crippen LogP contribution in [0.4, 0.5) is 4.79 Å². The molecule has 5 heteroatoms. The summed E-state index contributed by atoms with van der Waals surface area (Å²) in [5.74, 6) is 0.868. The molecule has 0 atom stereocenters. The Morgan fingerprint density at radius 1 is 1.24 bits per heavy atom. The van der Waals surface area contributed by atoms with Crippen molar-refractivity contribution in [2.75, 3.05) is 26.7 Å². The molecule has 0 fully saturated rings. The lowest BCUT2D eigenvalue weighted by Crippen LogP contribution is -2.35. The predicted octanol–water partition coefficient (Wildman–Crippen LogP) is 0.496. The average Bonchev–Trinajstić information content (AvgIpc) is 2.34. The van der Waals surface area contributed by atoms with E-state index < -0.39 is 6.03 Å². The molecule has 2 amide bonds. The summed E-state index contributed by atoms with van der Waals surface area (Å²) < 4.78 is 5.08. The Hall–Kier alpha value is -1.75. The largest absolute Gasteiger partial charge is 0.497 e. The van der Waals surface area contributed by atoms with Gasteiger partial charge < -0.3 is 21.1 Å². The number of hydrogen-bond donors (Lipinski definition) is 3. The number of carbonyl (C=O) groups excluding carboxylic acids is 1. The van der Waals surface area contributed by atoms with Crippen molar-refractivity contribution in [2.45, 2.75) is 6.42 Å². The van der Waals surface area contributed by atoms with E-state index >= 15 is 0 Å². The number of rotatable bonds is 7. The third kappa shape index (κ3) is 5.77. The molecule has 94 valence electrons. The number of primary amides is 1. The van der Waals surface area contributed by atoms with E-state index in [0.717, 1.165) is 25.3 Å². The highest BCUT2D eigenvalue weighted by atomic mass is 16.5. The van der Waals surface area contributed by atoms with Gasteiger partial charge in [-0.3, -0.25) is 0 Å². The number of benzene rings is 1. The molecule has 17 heavy (non-hydrogen) atoms. The summed E-state index contributed by atoms with van der Waals surface area (Å²) in [7, 11) is 1.66. The van der Waals surface area contributed by atoms with Gasteiger partial charge in [-0.1, -0.05) is 12.1 Å². The van der Waals surface area contributed by atoms with Gasteiger partial charge in [0.1, 0.15) is 5.75 Å². The quantitative estimate of drug-likeness (QED) is 0.604. The molecule has 1 rings (SSSR count). The fourth-order valence-electron chi connectivity index (χ4n) is 1.42. The van der Waals surface area contributed by atoms with Gasteiger partial charge in [-0.2, -0.15) is 0 Å². The van der Waals surface area contributed by atoms with Gasteiger partial charge in [0, 0.05) is 13.1 Å². The van der Waals surface area contributed by atoms with Gasteiger partial charge in [-0.25, -0.2) is 4.79 Å². The molecule has 1 aromatic rings. The van der Waals surface area contributed by atoms with Crippen molar-refractivity contribution < 1.29 is 9.53 Å². The highest BCUT2D eigenvalue weighted by molar-refractivity contribution is 5.71. The van der Waals surface area contributed by atoms with Crippen molar-refractivity contribution >= 4 is 6.03 Å². The monoisotopic (exact) mass is 237 g/mol. The van der Waals surface area contributed by atoms with Crippen LogP contribution < -0.4 is 21.1 Å². The second-order valence-electron chi connectivity index (χ2n) is 3.64. The van der Waals surface area contributed by atoms with E-state index in [2.05, 4.69) is 10.6 Å². The molecule has 0 heterocycles. The minimum atomic E-state index is -0.484. The van der Waals surface area contributed by atoms with E-state index in [0.29, 0.717) is 6.54 Å². The van der Waals surface area contributed by atoms with Crippen LogP contribution in [0.25, 0.3) is 0 Å². The summed E-state index contributed by atoms with van der Waals surface area (Å²) in [4.78, 5) is 10.4. The van der Waals surface area contributed by atoms with Crippen molar-refractivity contribution in [1.29, 1.82) is 0 Å². The first-order valence-corrected chi connectivity index (χ1v) is 5.59. The van der Waals surface area contributed by atoms with E-state index in [4.69, 9.17) is 10.5 Å². The Morgan fingerprint density at radius 3 is 2.53 bits per heavy atom. The van der Waals surface area contributed by atoms with E-state index in [1.54, 1.807) is 7.11 Å². The number of hydrogen-bond acceptors (Lipinski definition) is 3. The Morgan fingerprint density at radius 2 is 1.94 bits per heavy atom. The van der Waals surface area contributed by atoms with Crippen molar-refractivity contribution in [3.05, 3.63) is 29.8 Å². The summed E-state index contributed by atoms with van der Waals surface area (Å²) in [6.07, 6.45) is 0.945. The highest BCUT2D eigenvalue weighted by Crippen LogP contribution is 2.11. The van der Waals surface area contributed by atoms with Crippen LogP contribution in [0, 0.1) is 0 Å². The van der Waals surface area contributed by atoms with E-state index in [9.17, 15) is 4.79 Å². The van der Waals surface area contributed by atoms with Crippen molar-refractivity contribution in [3.63, 3.8) is 0 Å². The summed E-state index contributed by atoms with van der Waals surface area (Å²) in [5, 5.41) is 5.74. The van der Waals surface area contributed by atoms with Crippen LogP contribution in [0.15, 0.2) is 24.3 Å². The van der Waals surface area contributed by atoms with Gasteiger partial charge in [0.25, 0.3) is 0 Å². The smallest absolute Gasteiger partial charge is 0.312 e. The topological polar surface area (TPSA) is 76.4 Å². The van der Waals surface area contributed by atoms with Gasteiger partial charge in [-0.15, -0.1) is 0 Å². The molecule has 0 aliphatic carbocycles. The summed E-state index contributed by atoms with van der Waals surface area (Å²) >= 11 is 0. The average molecular weight is 237 g/mol. The van der Waals surface area contributed by atoms with E-state index in [1.807, 2.05) is 24.3 Å². The summed E-state index contributed by atoms with van der Waals surface area (Å²) in [6.45, 7) is 2.14. The molecular formula is C12H19N3O2. The third-order valence-electron chi connectivity index (χ3n) is 2.35. The fourth-order valence-corrected chi connectivity index (χ4v) is 1.42. The molecule has 0 saturated heterocycles. The zero-order chi connectivity index (χ0) is 12.5. The minimum absolute atomic E-state index is 0.484. The number of methoxy groups -OCH3 is 1. The molecule has 0 aromatic heterocycles. The second kappa shape index (κ2) is 7.51. The minimum Gasteiger partial charge on any atom is -0.497 e. The second-order valence-corrected chi connectivity index (χ2v) is 3.64. The lowest BCUT2D eigenvalue weighted by Gasteiger charge is -2.06. The highest BCUT2D eigenvalue weighted by Gasteiger charge is 1.95. The van der Waals surface area contributed by atoms with E-state index in [-0.39, 0.29) is 0 Å². The molecule has 4 N–H and O–H groups in total. The molecule has 5 nitrogen and oxygen atoms in total. The standard InChI is InChI=1S/C12H19N3O2/c1-17-11-4-2-10(3-5-11)6-7-14-8-9-15-12(13)16/h2-5,14H,6-9H2,1H3,(H3,13,15,16). The van der Waals surface area contributed by atoms with Crippen LogP contribution in [0.2, 0.25) is 0 Å². The lowest BCUT2D eigenvalue weighted by molar-refractivity contribution is 0.249. The molecule has 0 bridgehead atoms. The summed E-state index contributed by atoms with van der Waals surface area (Å²) in [6, 6.07) is 7.50. The van der Waals surface area contributed by atoms with E-state index in [1.165, 1.54) is 5.56 Å². The molecular weight excluding hydrogens is 218 g/mol. The number of carbonyl (C=O) groups is 1. The van der Waals surface area contributed by atoms with Gasteiger partial charge >= 0.3 is 6.03 Å². The van der Waals surface area contributed by atoms with Gasteiger partial charge in [0.2, 0.25) is 0 Å². The maximum Gasteiger partial charge on any atom is 0.312 e. The number of urea groups is 1. The first kappa shape index (κ1) is 13.3. The first-order valence-electron chi connectivity index (χ1n) is 5.59. The zero-order valence-corrected chi connectivity index (χ0v) is 10.0. The van der Waals surface area contributed by atoms with Crippen molar-refractivity contribution in [2.24, 2.45) is 5.73 Å². The molecule has 0 aliphatic heterocycles. The normalized spacial score (nSPS) is 9.94. The predicted molar refractivity (Wildman–Crippen MR) is 67.2 cm³/mol. The molecule has 0 aliphatic rings. The Kier molecular flexibility index (Phi) is 5.88. The van der Waals surface area contributed by atoms with Crippen LogP contribution in [-0.2, 0) is 6.42 Å². The van der Waals surface area contributed by atoms with Crippen LogP contribution in [0.5, 0.6) is 5.75 Å². The van der Waals surface area contributed by atoms with Crippen molar-refractivity contribution in [1.82, 2.24) is 10.6 Å². The molecule has 0 saturated carbocycles. The van der Waals surface area contributed by atoms with Crippen LogP contribution in [-0.4, -0.2) is 32.8 Å². The Labute approximate surface area is 101 Å². The number of nitrogens with one attached hydrogen (secondary N) is 2. The maximum absolute atomic E-state index is 10.4. The molecule has 0 radical (unpaired) electrons. The van der Waals surface area contributed by atoms with Gasteiger partial charge in [0.15, 0.2) is 0 Å². The summed E-state index contributed by atoms with van der Waals surface area (Å²) in [5.41, 5.74) is 6.19. The van der Waals surface area contributed by atoms with Gasteiger partial charge in [-0.05, 0) is 30.7 Å². The number of nitrogens with two attached hydrogens (primary N) is 1. The fraction of sp³-hybridized carbons (Fsp3) is 0.417. The maximum atomic E-state index is 10.4. The third-order valence-corrected chi connectivity index (χ3v) is 2.35. The van der Waals surface area contributed by atoms with Crippen LogP contribution >= 0.6 is 0 Å². The number of amides is 2. The number of ether oxygens (including phenoxy) is 1. The Bertz CT molecular complexity index is 338. The van der Waals surface area contributed by atoms with Crippen LogP contribution in [0.3, 0.4) is 0 Å². The molecule has 0 spiro atoms. The lowest BCUT2D eigenvalue weighted by atomic mass is 10.1. The molecule has 1 aromatic carbocycles. The first-order chi connectivity index (χ1) is 8.22. The SMILES string of the molecule is COc1ccc(CCNCCNC(N)=O)cc1. The zero-order valence-electron chi connectivity index (χ0n) is 10.0. The van der Waals surface area contributed by atoms with Gasteiger partial charge in [0.05, 0.1) is 7.11 Å². The van der Waals surface area contributed by atoms with Crippen molar-refractivity contribution in [3.8, 4) is 5.75 Å². The molecule has 0 unspecified atom stereocenters. The van der Waals surface area contributed by atoms with Crippen LogP contribution in [0.1, 0.15) is 5.56 Å².